The first-order valence-electron chi connectivity index (χ1n) is 19.4. The summed E-state index contributed by atoms with van der Waals surface area (Å²) in [5, 5.41) is 2.72. The van der Waals surface area contributed by atoms with Crippen LogP contribution in [0.15, 0.2) is 58.8 Å². The molecule has 6 aliphatic rings. The van der Waals surface area contributed by atoms with Crippen molar-refractivity contribution in [3.05, 3.63) is 71.1 Å². The average molecular weight is 754 g/mol. The molecule has 4 heterocycles. The molecule has 2 saturated heterocycles. The molecule has 1 spiro atoms. The Labute approximate surface area is 320 Å². The number of carbonyl (C=O) groups is 3. The van der Waals surface area contributed by atoms with E-state index in [0.717, 1.165) is 54.7 Å². The van der Waals surface area contributed by atoms with E-state index in [1.807, 2.05) is 51.7 Å². The third kappa shape index (κ3) is 6.75. The number of methoxy groups -OCH3 is 1. The first kappa shape index (κ1) is 37.1. The van der Waals surface area contributed by atoms with E-state index in [1.54, 1.807) is 41.6 Å². The van der Waals surface area contributed by atoms with Gasteiger partial charge in [-0.15, -0.1) is 0 Å². The van der Waals surface area contributed by atoms with Crippen LogP contribution < -0.4 is 5.32 Å². The Hall–Kier alpha value is -4.87. The molecule has 12 heteroatoms. The molecule has 8 rings (SSSR count). The number of alkyl halides is 2. The summed E-state index contributed by atoms with van der Waals surface area (Å²) >= 11 is 0. The molecule has 0 unspecified atom stereocenters. The van der Waals surface area contributed by atoms with Crippen molar-refractivity contribution >= 4 is 40.7 Å². The highest BCUT2D eigenvalue weighted by atomic mass is 19.3. The molecular formula is C43H49F2N5O5. The molecular weight excluding hydrogens is 704 g/mol. The Morgan fingerprint density at radius 3 is 2.00 bits per heavy atom. The predicted octanol–water partition coefficient (Wildman–Crippen LogP) is 8.34. The molecule has 0 bridgehead atoms. The fourth-order valence-electron chi connectivity index (χ4n) is 8.93. The Morgan fingerprint density at radius 2 is 1.47 bits per heavy atom. The second-order valence-electron chi connectivity index (χ2n) is 17.4. The van der Waals surface area contributed by atoms with Gasteiger partial charge in [-0.2, -0.15) is 8.78 Å². The molecule has 3 atom stereocenters. The number of benzene rings is 2. The second kappa shape index (κ2) is 13.4. The van der Waals surface area contributed by atoms with Crippen LogP contribution in [0.5, 0.6) is 0 Å². The minimum Gasteiger partial charge on any atom is -0.453 e. The summed E-state index contributed by atoms with van der Waals surface area (Å²) in [5.74, 6) is -3.52. The first-order chi connectivity index (χ1) is 26.1. The molecule has 1 N–H and O–H groups in total. The van der Waals surface area contributed by atoms with Crippen molar-refractivity contribution in [3.8, 4) is 11.1 Å². The highest BCUT2D eigenvalue weighted by molar-refractivity contribution is 6.05. The summed E-state index contributed by atoms with van der Waals surface area (Å²) in [5.41, 5.74) is 5.14. The van der Waals surface area contributed by atoms with Crippen LogP contribution in [0.1, 0.15) is 102 Å². The van der Waals surface area contributed by atoms with Gasteiger partial charge in [-0.25, -0.2) is 9.59 Å². The zero-order valence-electron chi connectivity index (χ0n) is 32.4. The number of hydrogen-bond acceptors (Lipinski definition) is 7. The molecule has 0 radical (unpaired) electrons. The van der Waals surface area contributed by atoms with Crippen LogP contribution in [0.4, 0.5) is 18.4 Å². The first-order valence-corrected chi connectivity index (χ1v) is 19.4. The Bertz CT molecular complexity index is 2090. The number of nitrogens with one attached hydrogen (secondary N) is 1. The van der Waals surface area contributed by atoms with E-state index in [4.69, 9.17) is 14.5 Å². The van der Waals surface area contributed by atoms with Gasteiger partial charge in [0.15, 0.2) is 0 Å². The lowest BCUT2D eigenvalue weighted by Gasteiger charge is -2.31. The van der Waals surface area contributed by atoms with Crippen molar-refractivity contribution < 1.29 is 32.6 Å². The van der Waals surface area contributed by atoms with Crippen LogP contribution in [-0.2, 0) is 20.2 Å². The Kier molecular flexibility index (Phi) is 9.04. The Morgan fingerprint density at radius 1 is 0.891 bits per heavy atom. The van der Waals surface area contributed by atoms with E-state index in [0.29, 0.717) is 48.2 Å². The quantitative estimate of drug-likeness (QED) is 0.306. The fraction of sp³-hybridized carbons (Fsp3) is 0.512. The number of amides is 3. The maximum absolute atomic E-state index is 16.4. The van der Waals surface area contributed by atoms with Crippen LogP contribution in [-0.4, -0.2) is 83.2 Å². The maximum atomic E-state index is 16.4. The van der Waals surface area contributed by atoms with Crippen molar-refractivity contribution in [1.82, 2.24) is 15.1 Å². The van der Waals surface area contributed by atoms with Gasteiger partial charge in [0.25, 0.3) is 5.92 Å². The highest BCUT2D eigenvalue weighted by Crippen LogP contribution is 2.56. The van der Waals surface area contributed by atoms with Gasteiger partial charge in [0.05, 0.1) is 19.2 Å². The third-order valence-electron chi connectivity index (χ3n) is 12.1. The number of fused-ring (bicyclic) bond motifs is 3. The number of aliphatic imine (C=N–C) groups is 2. The third-order valence-corrected chi connectivity index (χ3v) is 12.1. The molecule has 290 valence electrons. The molecule has 1 saturated carbocycles. The smallest absolute Gasteiger partial charge is 0.410 e. The van der Waals surface area contributed by atoms with Crippen LogP contribution in [0.3, 0.4) is 0 Å². The topological polar surface area (TPSA) is 113 Å². The molecule has 0 aromatic heterocycles. The SMILES string of the molecule is COC(=O)N[C@H](C(=O)N1CC2(CC2)C[C@H]1C1=NC=C(c2ccc3c(c2)C(F)(F)c2cc(C4=CN=C([C@@H]5CCCN5C(=O)OC(C)(C)C)C4)ccc2-3)C1)C(C)C. The zero-order valence-corrected chi connectivity index (χ0v) is 32.4. The number of rotatable bonds is 7. The predicted molar refractivity (Wildman–Crippen MR) is 207 cm³/mol. The molecule has 4 aliphatic heterocycles. The normalized spacial score (nSPS) is 23.6. The lowest BCUT2D eigenvalue weighted by atomic mass is 9.93. The van der Waals surface area contributed by atoms with Gasteiger partial charge in [-0.1, -0.05) is 38.1 Å². The number of carbonyl (C=O) groups excluding carboxylic acids is 3. The number of halogens is 2. The van der Waals surface area contributed by atoms with E-state index >= 15 is 8.78 Å². The molecule has 55 heavy (non-hydrogen) atoms. The largest absolute Gasteiger partial charge is 0.453 e. The molecule has 10 nitrogen and oxygen atoms in total. The number of allylic oxidation sites excluding steroid dienone is 2. The van der Waals surface area contributed by atoms with Crippen LogP contribution in [0.2, 0.25) is 0 Å². The highest BCUT2D eigenvalue weighted by Gasteiger charge is 2.55. The van der Waals surface area contributed by atoms with Crippen LogP contribution in [0, 0.1) is 11.3 Å². The van der Waals surface area contributed by atoms with E-state index in [-0.39, 0.29) is 46.5 Å². The lowest BCUT2D eigenvalue weighted by Crippen LogP contribution is -2.53. The van der Waals surface area contributed by atoms with Gasteiger partial charge in [-0.3, -0.25) is 19.7 Å². The van der Waals surface area contributed by atoms with Gasteiger partial charge < -0.3 is 19.7 Å². The summed E-state index contributed by atoms with van der Waals surface area (Å²) in [7, 11) is 1.28. The minimum atomic E-state index is -3.22. The maximum Gasteiger partial charge on any atom is 0.410 e. The zero-order chi connectivity index (χ0) is 39.0. The molecule has 2 aromatic rings. The number of hydrogen-bond donors (Lipinski definition) is 1. The van der Waals surface area contributed by atoms with Crippen LogP contribution in [0.25, 0.3) is 22.3 Å². The molecule has 3 amide bonds. The average Bonchev–Trinajstić information content (AvgIpc) is 3.73. The molecule has 3 fully saturated rings. The van der Waals surface area contributed by atoms with Crippen LogP contribution >= 0.6 is 0 Å². The van der Waals surface area contributed by atoms with E-state index in [9.17, 15) is 14.4 Å². The summed E-state index contributed by atoms with van der Waals surface area (Å²) in [6.45, 7) is 10.5. The lowest BCUT2D eigenvalue weighted by molar-refractivity contribution is -0.134. The van der Waals surface area contributed by atoms with Crippen molar-refractivity contribution in [1.29, 1.82) is 0 Å². The van der Waals surface area contributed by atoms with Crippen molar-refractivity contribution in [3.63, 3.8) is 0 Å². The van der Waals surface area contributed by atoms with E-state index < -0.39 is 23.7 Å². The minimum absolute atomic E-state index is 0.0322. The summed E-state index contributed by atoms with van der Waals surface area (Å²) in [4.78, 5) is 52.0. The van der Waals surface area contributed by atoms with Gasteiger partial charge in [0.1, 0.15) is 11.6 Å². The number of alkyl carbamates (subject to hydrolysis) is 1. The fourth-order valence-corrected chi connectivity index (χ4v) is 8.93. The monoisotopic (exact) mass is 753 g/mol. The van der Waals surface area contributed by atoms with E-state index in [1.165, 1.54) is 7.11 Å². The summed E-state index contributed by atoms with van der Waals surface area (Å²) in [6, 6.07) is 9.37. The van der Waals surface area contributed by atoms with Crippen molar-refractivity contribution in [2.75, 3.05) is 20.2 Å². The van der Waals surface area contributed by atoms with Crippen molar-refractivity contribution in [2.45, 2.75) is 109 Å². The van der Waals surface area contributed by atoms with Gasteiger partial charge in [0.2, 0.25) is 5.91 Å². The summed E-state index contributed by atoms with van der Waals surface area (Å²) < 4.78 is 43.3. The number of likely N-dealkylation sites (tertiary alicyclic amines) is 2. The molecule has 2 aromatic carbocycles. The standard InChI is InChI=1S/C43H49F2N5O5/c1-24(2)37(48-39(52)54-6)38(51)50-23-42(13-14-42)20-36(50)34-19-28(22-47-34)26-10-12-30-29-11-9-25(16-31(29)43(44,45)32(30)17-26)27-18-33(46-21-27)35-8-7-15-49(35)40(53)55-41(3,4)5/h9-12,16-17,21-22,24,35-37H,7-8,13-15,18-20,23H2,1-6H3,(H,48,52)/t35-,36-,37-/m0/s1. The van der Waals surface area contributed by atoms with Gasteiger partial charge >= 0.3 is 12.2 Å². The number of nitrogens with zero attached hydrogens (tertiary/aromatic N) is 4. The Balaban J connectivity index is 0.963. The van der Waals surface area contributed by atoms with E-state index in [2.05, 4.69) is 10.3 Å². The number of ether oxygens (including phenoxy) is 2. The van der Waals surface area contributed by atoms with Crippen molar-refractivity contribution in [2.24, 2.45) is 21.3 Å². The van der Waals surface area contributed by atoms with Gasteiger partial charge in [0, 0.05) is 60.9 Å². The van der Waals surface area contributed by atoms with Gasteiger partial charge in [-0.05, 0) is 110 Å². The summed E-state index contributed by atoms with van der Waals surface area (Å²) in [6.07, 6.45) is 7.93. The molecule has 2 aliphatic carbocycles. The second-order valence-corrected chi connectivity index (χ2v) is 17.4.